The number of aliphatic hydroxyl groups excluding tert-OH is 1. The van der Waals surface area contributed by atoms with E-state index in [4.69, 9.17) is 5.11 Å². The summed E-state index contributed by atoms with van der Waals surface area (Å²) in [6.07, 6.45) is 1.58. The number of aliphatic carboxylic acids is 1. The summed E-state index contributed by atoms with van der Waals surface area (Å²) < 4.78 is 0. The standard InChI is InChI=1S/C17H26N2O4/c1-3-15(12-20)19(2)17(23)18-14(9-10-16(21)22)11-13-7-5-4-6-8-13/h4-8,14-15,20H,3,9-12H2,1-2H3,(H,18,23)(H,21,22). The predicted octanol–water partition coefficient (Wildman–Crippen LogP) is 1.87. The molecule has 3 N–H and O–H groups in total. The molecular weight excluding hydrogens is 296 g/mol. The van der Waals surface area contributed by atoms with Crippen LogP contribution in [0.5, 0.6) is 0 Å². The molecular formula is C17H26N2O4. The van der Waals surface area contributed by atoms with Gasteiger partial charge in [-0.25, -0.2) is 4.79 Å². The normalized spacial score (nSPS) is 13.2. The van der Waals surface area contributed by atoms with E-state index in [-0.39, 0.29) is 31.1 Å². The average molecular weight is 322 g/mol. The summed E-state index contributed by atoms with van der Waals surface area (Å²) in [5.74, 6) is -0.882. The third-order valence-electron chi connectivity index (χ3n) is 3.91. The maximum atomic E-state index is 12.3. The highest BCUT2D eigenvalue weighted by molar-refractivity contribution is 5.74. The third-order valence-corrected chi connectivity index (χ3v) is 3.91. The van der Waals surface area contributed by atoms with Crippen molar-refractivity contribution in [2.75, 3.05) is 13.7 Å². The molecule has 0 bridgehead atoms. The maximum Gasteiger partial charge on any atom is 0.317 e. The van der Waals surface area contributed by atoms with Crippen molar-refractivity contribution >= 4 is 12.0 Å². The molecule has 128 valence electrons. The Kier molecular flexibility index (Phi) is 8.11. The Bertz CT molecular complexity index is 489. The van der Waals surface area contributed by atoms with E-state index in [0.717, 1.165) is 5.56 Å². The number of carbonyl (C=O) groups excluding carboxylic acids is 1. The van der Waals surface area contributed by atoms with Crippen molar-refractivity contribution < 1.29 is 19.8 Å². The van der Waals surface area contributed by atoms with Gasteiger partial charge in [-0.1, -0.05) is 37.3 Å². The van der Waals surface area contributed by atoms with Crippen molar-refractivity contribution in [1.29, 1.82) is 0 Å². The van der Waals surface area contributed by atoms with Crippen molar-refractivity contribution in [1.82, 2.24) is 10.2 Å². The van der Waals surface area contributed by atoms with Crippen LogP contribution in [0.15, 0.2) is 30.3 Å². The molecule has 2 amide bonds. The van der Waals surface area contributed by atoms with Crippen molar-refractivity contribution in [3.63, 3.8) is 0 Å². The van der Waals surface area contributed by atoms with Crippen LogP contribution in [0.2, 0.25) is 0 Å². The molecule has 6 heteroatoms. The molecule has 6 nitrogen and oxygen atoms in total. The second-order valence-electron chi connectivity index (χ2n) is 5.62. The Balaban J connectivity index is 2.71. The van der Waals surface area contributed by atoms with Gasteiger partial charge < -0.3 is 20.4 Å². The fourth-order valence-electron chi connectivity index (χ4n) is 2.39. The molecule has 0 aliphatic carbocycles. The predicted molar refractivity (Wildman–Crippen MR) is 88.3 cm³/mol. The number of amides is 2. The van der Waals surface area contributed by atoms with Gasteiger partial charge in [0.2, 0.25) is 0 Å². The zero-order valence-electron chi connectivity index (χ0n) is 13.7. The smallest absolute Gasteiger partial charge is 0.317 e. The van der Waals surface area contributed by atoms with Crippen molar-refractivity contribution in [3.8, 4) is 0 Å². The number of likely N-dealkylation sites (N-methyl/N-ethyl adjacent to an activating group) is 1. The molecule has 0 spiro atoms. The molecule has 2 atom stereocenters. The van der Waals surface area contributed by atoms with Crippen LogP contribution in [-0.4, -0.2) is 52.9 Å². The van der Waals surface area contributed by atoms with Gasteiger partial charge in [0, 0.05) is 19.5 Å². The van der Waals surface area contributed by atoms with E-state index in [1.807, 2.05) is 37.3 Å². The number of carbonyl (C=O) groups is 2. The largest absolute Gasteiger partial charge is 0.481 e. The van der Waals surface area contributed by atoms with Crippen LogP contribution in [0.25, 0.3) is 0 Å². The number of aliphatic hydroxyl groups is 1. The van der Waals surface area contributed by atoms with Gasteiger partial charge in [-0.3, -0.25) is 4.79 Å². The minimum Gasteiger partial charge on any atom is -0.481 e. The first-order valence-corrected chi connectivity index (χ1v) is 7.87. The minimum absolute atomic E-state index is 0.00129. The van der Waals surface area contributed by atoms with E-state index in [2.05, 4.69) is 5.32 Å². The number of urea groups is 1. The lowest BCUT2D eigenvalue weighted by atomic mass is 10.0. The van der Waals surface area contributed by atoms with Crippen molar-refractivity contribution in [2.24, 2.45) is 0 Å². The number of carboxylic acid groups (broad SMARTS) is 1. The molecule has 0 radical (unpaired) electrons. The van der Waals surface area contributed by atoms with Crippen molar-refractivity contribution in [3.05, 3.63) is 35.9 Å². The van der Waals surface area contributed by atoms with Gasteiger partial charge in [0.05, 0.1) is 12.6 Å². The van der Waals surface area contributed by atoms with Gasteiger partial charge in [-0.05, 0) is 24.8 Å². The highest BCUT2D eigenvalue weighted by atomic mass is 16.4. The van der Waals surface area contributed by atoms with Crippen LogP contribution in [0.4, 0.5) is 4.79 Å². The average Bonchev–Trinajstić information content (AvgIpc) is 2.54. The molecule has 0 aliphatic heterocycles. The molecule has 0 heterocycles. The Hall–Kier alpha value is -2.08. The molecule has 2 unspecified atom stereocenters. The molecule has 0 saturated carbocycles. The third kappa shape index (κ3) is 6.69. The lowest BCUT2D eigenvalue weighted by molar-refractivity contribution is -0.137. The van der Waals surface area contributed by atoms with E-state index in [1.165, 1.54) is 4.90 Å². The quantitative estimate of drug-likeness (QED) is 0.647. The monoisotopic (exact) mass is 322 g/mol. The summed E-state index contributed by atoms with van der Waals surface area (Å²) in [7, 11) is 1.64. The maximum absolute atomic E-state index is 12.3. The van der Waals surface area contributed by atoms with Crippen LogP contribution < -0.4 is 5.32 Å². The van der Waals surface area contributed by atoms with E-state index in [1.54, 1.807) is 7.05 Å². The SMILES string of the molecule is CCC(CO)N(C)C(=O)NC(CCC(=O)O)Cc1ccccc1. The van der Waals surface area contributed by atoms with Gasteiger partial charge >= 0.3 is 12.0 Å². The Labute approximate surface area is 137 Å². The Morgan fingerprint density at radius 3 is 2.43 bits per heavy atom. The molecule has 0 aliphatic rings. The van der Waals surface area contributed by atoms with Gasteiger partial charge in [0.1, 0.15) is 0 Å². The molecule has 1 rings (SSSR count). The van der Waals surface area contributed by atoms with Crippen LogP contribution >= 0.6 is 0 Å². The number of benzene rings is 1. The first-order valence-electron chi connectivity index (χ1n) is 7.87. The van der Waals surface area contributed by atoms with E-state index < -0.39 is 5.97 Å². The first-order chi connectivity index (χ1) is 11.0. The van der Waals surface area contributed by atoms with Crippen LogP contribution in [0, 0.1) is 0 Å². The number of nitrogens with one attached hydrogen (secondary N) is 1. The van der Waals surface area contributed by atoms with Crippen molar-refractivity contribution in [2.45, 2.75) is 44.7 Å². The minimum atomic E-state index is -0.882. The summed E-state index contributed by atoms with van der Waals surface area (Å²) in [5.41, 5.74) is 1.04. The summed E-state index contributed by atoms with van der Waals surface area (Å²) in [6.45, 7) is 1.80. The van der Waals surface area contributed by atoms with E-state index in [0.29, 0.717) is 19.3 Å². The number of hydrogen-bond acceptors (Lipinski definition) is 3. The van der Waals surface area contributed by atoms with Crippen LogP contribution in [0.3, 0.4) is 0 Å². The lowest BCUT2D eigenvalue weighted by Crippen LogP contribution is -2.49. The molecule has 0 fully saturated rings. The molecule has 23 heavy (non-hydrogen) atoms. The number of carboxylic acids is 1. The first kappa shape index (κ1) is 19.0. The van der Waals surface area contributed by atoms with Gasteiger partial charge in [0.25, 0.3) is 0 Å². The fraction of sp³-hybridized carbons (Fsp3) is 0.529. The fourth-order valence-corrected chi connectivity index (χ4v) is 2.39. The summed E-state index contributed by atoms with van der Waals surface area (Å²) in [5, 5.41) is 21.1. The summed E-state index contributed by atoms with van der Waals surface area (Å²) in [4.78, 5) is 24.6. The number of hydrogen-bond donors (Lipinski definition) is 3. The van der Waals surface area contributed by atoms with Gasteiger partial charge in [-0.15, -0.1) is 0 Å². The van der Waals surface area contributed by atoms with Crippen LogP contribution in [-0.2, 0) is 11.2 Å². The Morgan fingerprint density at radius 1 is 1.26 bits per heavy atom. The van der Waals surface area contributed by atoms with Gasteiger partial charge in [-0.2, -0.15) is 0 Å². The number of nitrogens with zero attached hydrogens (tertiary/aromatic N) is 1. The summed E-state index contributed by atoms with van der Waals surface area (Å²) in [6, 6.07) is 8.84. The van der Waals surface area contributed by atoms with Gasteiger partial charge in [0.15, 0.2) is 0 Å². The highest BCUT2D eigenvalue weighted by Crippen LogP contribution is 2.09. The zero-order valence-corrected chi connectivity index (χ0v) is 13.7. The second-order valence-corrected chi connectivity index (χ2v) is 5.62. The number of rotatable bonds is 9. The second kappa shape index (κ2) is 9.84. The highest BCUT2D eigenvalue weighted by Gasteiger charge is 2.21. The Morgan fingerprint density at radius 2 is 1.91 bits per heavy atom. The molecule has 1 aromatic carbocycles. The molecule has 0 aromatic heterocycles. The van der Waals surface area contributed by atoms with E-state index in [9.17, 15) is 14.7 Å². The molecule has 1 aromatic rings. The zero-order chi connectivity index (χ0) is 17.2. The van der Waals surface area contributed by atoms with Crippen LogP contribution in [0.1, 0.15) is 31.7 Å². The summed E-state index contributed by atoms with van der Waals surface area (Å²) >= 11 is 0. The molecule has 0 saturated heterocycles. The lowest BCUT2D eigenvalue weighted by Gasteiger charge is -2.28. The topological polar surface area (TPSA) is 89.9 Å². The van der Waals surface area contributed by atoms with E-state index >= 15 is 0 Å².